The van der Waals surface area contributed by atoms with Crippen molar-refractivity contribution in [3.8, 4) is 11.6 Å². The van der Waals surface area contributed by atoms with Gasteiger partial charge in [-0.1, -0.05) is 0 Å². The number of benzene rings is 1. The molecule has 1 heterocycles. The SMILES string of the molecule is CC(=O)Nc1ccc(-n2cc(O)n(C)c2=O)cc1. The van der Waals surface area contributed by atoms with Crippen molar-refractivity contribution >= 4 is 11.6 Å². The fourth-order valence-electron chi connectivity index (χ4n) is 1.61. The van der Waals surface area contributed by atoms with Gasteiger partial charge in [0, 0.05) is 19.7 Å². The van der Waals surface area contributed by atoms with Gasteiger partial charge in [0.25, 0.3) is 0 Å². The van der Waals surface area contributed by atoms with Crippen LogP contribution < -0.4 is 11.0 Å². The van der Waals surface area contributed by atoms with Crippen LogP contribution in [-0.2, 0) is 11.8 Å². The van der Waals surface area contributed by atoms with E-state index in [1.807, 2.05) is 0 Å². The number of rotatable bonds is 2. The van der Waals surface area contributed by atoms with Gasteiger partial charge in [0.15, 0.2) is 0 Å². The Bertz CT molecular complexity index is 638. The zero-order chi connectivity index (χ0) is 13.3. The summed E-state index contributed by atoms with van der Waals surface area (Å²) in [7, 11) is 1.49. The molecule has 1 aromatic heterocycles. The maximum absolute atomic E-state index is 11.7. The predicted molar refractivity (Wildman–Crippen MR) is 67.0 cm³/mol. The van der Waals surface area contributed by atoms with Crippen molar-refractivity contribution < 1.29 is 9.90 Å². The van der Waals surface area contributed by atoms with Crippen molar-refractivity contribution in [1.82, 2.24) is 9.13 Å². The highest BCUT2D eigenvalue weighted by Gasteiger charge is 2.08. The Morgan fingerprint density at radius 1 is 1.28 bits per heavy atom. The number of amides is 1. The highest BCUT2D eigenvalue weighted by molar-refractivity contribution is 5.88. The van der Waals surface area contributed by atoms with Crippen LogP contribution in [0.15, 0.2) is 35.3 Å². The first kappa shape index (κ1) is 12.0. The molecule has 0 bridgehead atoms. The van der Waals surface area contributed by atoms with Gasteiger partial charge in [-0.25, -0.2) is 4.79 Å². The molecule has 18 heavy (non-hydrogen) atoms. The monoisotopic (exact) mass is 247 g/mol. The standard InChI is InChI=1S/C12H13N3O3/c1-8(16)13-9-3-5-10(6-4-9)15-7-11(17)14(2)12(15)18/h3-7,17H,1-2H3,(H,13,16). The van der Waals surface area contributed by atoms with Gasteiger partial charge in [0.05, 0.1) is 11.9 Å². The molecule has 0 aliphatic rings. The molecular formula is C12H13N3O3. The number of hydrogen-bond donors (Lipinski definition) is 2. The topological polar surface area (TPSA) is 76.3 Å². The lowest BCUT2D eigenvalue weighted by Crippen LogP contribution is -2.20. The zero-order valence-corrected chi connectivity index (χ0v) is 10.0. The van der Waals surface area contributed by atoms with Crippen LogP contribution in [-0.4, -0.2) is 20.1 Å². The fraction of sp³-hybridized carbons (Fsp3) is 0.167. The van der Waals surface area contributed by atoms with E-state index >= 15 is 0 Å². The van der Waals surface area contributed by atoms with Gasteiger partial charge >= 0.3 is 5.69 Å². The van der Waals surface area contributed by atoms with Crippen molar-refractivity contribution in [3.63, 3.8) is 0 Å². The minimum Gasteiger partial charge on any atom is -0.493 e. The summed E-state index contributed by atoms with van der Waals surface area (Å²) in [5.41, 5.74) is 0.934. The number of carbonyl (C=O) groups is 1. The van der Waals surface area contributed by atoms with Gasteiger partial charge < -0.3 is 10.4 Å². The van der Waals surface area contributed by atoms with Crippen molar-refractivity contribution in [1.29, 1.82) is 0 Å². The molecule has 0 spiro atoms. The van der Waals surface area contributed by atoms with Crippen LogP contribution in [0.5, 0.6) is 5.88 Å². The third-order valence-electron chi connectivity index (χ3n) is 2.55. The number of aromatic nitrogens is 2. The molecular weight excluding hydrogens is 234 g/mol. The third-order valence-corrected chi connectivity index (χ3v) is 2.55. The number of anilines is 1. The van der Waals surface area contributed by atoms with Crippen LogP contribution in [0.1, 0.15) is 6.92 Å². The third kappa shape index (κ3) is 2.13. The summed E-state index contributed by atoms with van der Waals surface area (Å²) >= 11 is 0. The molecule has 0 unspecified atom stereocenters. The number of nitrogens with one attached hydrogen (secondary N) is 1. The molecule has 2 N–H and O–H groups in total. The normalized spacial score (nSPS) is 10.3. The van der Waals surface area contributed by atoms with Crippen LogP contribution in [0.4, 0.5) is 5.69 Å². The van der Waals surface area contributed by atoms with Gasteiger partial charge in [-0.3, -0.25) is 13.9 Å². The molecule has 6 heteroatoms. The molecule has 2 aromatic rings. The summed E-state index contributed by atoms with van der Waals surface area (Å²) in [5, 5.41) is 12.1. The predicted octanol–water partition coefficient (Wildman–Crippen LogP) is 0.840. The Kier molecular flexibility index (Phi) is 2.93. The minimum atomic E-state index is -0.334. The quantitative estimate of drug-likeness (QED) is 0.825. The molecule has 0 saturated heterocycles. The Morgan fingerprint density at radius 3 is 2.33 bits per heavy atom. The van der Waals surface area contributed by atoms with Crippen LogP contribution in [0, 0.1) is 0 Å². The number of hydrogen-bond acceptors (Lipinski definition) is 3. The molecule has 0 aliphatic heterocycles. The first-order chi connectivity index (χ1) is 8.49. The second kappa shape index (κ2) is 4.40. The molecule has 94 valence electrons. The summed E-state index contributed by atoms with van der Waals surface area (Å²) in [6, 6.07) is 6.75. The largest absolute Gasteiger partial charge is 0.493 e. The average molecular weight is 247 g/mol. The van der Waals surface area contributed by atoms with E-state index < -0.39 is 0 Å². The van der Waals surface area contributed by atoms with Gasteiger partial charge in [-0.05, 0) is 24.3 Å². The van der Waals surface area contributed by atoms with Gasteiger partial charge in [-0.2, -0.15) is 0 Å². The minimum absolute atomic E-state index is 0.106. The Labute approximate surface area is 103 Å². The van der Waals surface area contributed by atoms with E-state index in [0.29, 0.717) is 11.4 Å². The van der Waals surface area contributed by atoms with E-state index in [2.05, 4.69) is 5.32 Å². The van der Waals surface area contributed by atoms with Crippen LogP contribution >= 0.6 is 0 Å². The van der Waals surface area contributed by atoms with Crippen molar-refractivity contribution in [3.05, 3.63) is 40.9 Å². The second-order valence-corrected chi connectivity index (χ2v) is 3.93. The van der Waals surface area contributed by atoms with Crippen LogP contribution in [0.3, 0.4) is 0 Å². The van der Waals surface area contributed by atoms with E-state index in [4.69, 9.17) is 0 Å². The first-order valence-electron chi connectivity index (χ1n) is 5.34. The number of aromatic hydroxyl groups is 1. The lowest BCUT2D eigenvalue weighted by Gasteiger charge is -2.04. The zero-order valence-electron chi connectivity index (χ0n) is 10.0. The summed E-state index contributed by atoms with van der Waals surface area (Å²) in [5.74, 6) is -0.261. The summed E-state index contributed by atoms with van der Waals surface area (Å²) in [6.07, 6.45) is 1.34. The van der Waals surface area contributed by atoms with Crippen molar-refractivity contribution in [2.45, 2.75) is 6.92 Å². The molecule has 0 saturated carbocycles. The molecule has 0 aliphatic carbocycles. The maximum atomic E-state index is 11.7. The van der Waals surface area contributed by atoms with Crippen molar-refractivity contribution in [2.75, 3.05) is 5.32 Å². The Hall–Kier alpha value is -2.50. The smallest absolute Gasteiger partial charge is 0.335 e. The van der Waals surface area contributed by atoms with E-state index in [1.165, 1.54) is 24.7 Å². The molecule has 0 radical (unpaired) electrons. The highest BCUT2D eigenvalue weighted by Crippen LogP contribution is 2.14. The molecule has 0 atom stereocenters. The van der Waals surface area contributed by atoms with Gasteiger partial charge in [0.2, 0.25) is 11.8 Å². The number of imidazole rings is 1. The van der Waals surface area contributed by atoms with E-state index in [0.717, 1.165) is 4.57 Å². The maximum Gasteiger partial charge on any atom is 0.335 e. The summed E-state index contributed by atoms with van der Waals surface area (Å²) < 4.78 is 2.47. The lowest BCUT2D eigenvalue weighted by molar-refractivity contribution is -0.114. The average Bonchev–Trinajstić information content (AvgIpc) is 2.57. The molecule has 6 nitrogen and oxygen atoms in total. The second-order valence-electron chi connectivity index (χ2n) is 3.93. The fourth-order valence-corrected chi connectivity index (χ4v) is 1.61. The van der Waals surface area contributed by atoms with Crippen molar-refractivity contribution in [2.24, 2.45) is 7.05 Å². The number of carbonyl (C=O) groups excluding carboxylic acids is 1. The molecule has 1 aromatic carbocycles. The summed E-state index contributed by atoms with van der Waals surface area (Å²) in [6.45, 7) is 1.42. The Balaban J connectivity index is 2.37. The number of nitrogens with zero attached hydrogens (tertiary/aromatic N) is 2. The van der Waals surface area contributed by atoms with Gasteiger partial charge in [0.1, 0.15) is 0 Å². The lowest BCUT2D eigenvalue weighted by atomic mass is 10.3. The first-order valence-corrected chi connectivity index (χ1v) is 5.34. The van der Waals surface area contributed by atoms with Gasteiger partial charge in [-0.15, -0.1) is 0 Å². The molecule has 2 rings (SSSR count). The van der Waals surface area contributed by atoms with Crippen LogP contribution in [0.25, 0.3) is 5.69 Å². The molecule has 0 fully saturated rings. The highest BCUT2D eigenvalue weighted by atomic mass is 16.3. The Morgan fingerprint density at radius 2 is 1.89 bits per heavy atom. The van der Waals surface area contributed by atoms with Crippen LogP contribution in [0.2, 0.25) is 0 Å². The van der Waals surface area contributed by atoms with E-state index in [1.54, 1.807) is 24.3 Å². The van der Waals surface area contributed by atoms with E-state index in [9.17, 15) is 14.7 Å². The summed E-state index contributed by atoms with van der Waals surface area (Å²) in [4.78, 5) is 22.6. The molecule has 1 amide bonds. The van der Waals surface area contributed by atoms with E-state index in [-0.39, 0.29) is 17.5 Å².